The first-order chi connectivity index (χ1) is 9.38. The fraction of sp³-hybridized carbons (Fsp3) is 0.562. The van der Waals surface area contributed by atoms with Gasteiger partial charge in [-0.05, 0) is 39.2 Å². The van der Waals surface area contributed by atoms with Gasteiger partial charge < -0.3 is 15.2 Å². The molecular weight excluding hydrogens is 254 g/mol. The molecule has 0 aliphatic carbocycles. The highest BCUT2D eigenvalue weighted by atomic mass is 16.6. The molecule has 0 spiro atoms. The van der Waals surface area contributed by atoms with Crippen molar-refractivity contribution >= 4 is 5.97 Å². The van der Waals surface area contributed by atoms with Crippen molar-refractivity contribution in [2.24, 2.45) is 5.73 Å². The summed E-state index contributed by atoms with van der Waals surface area (Å²) in [5.41, 5.74) is 6.77. The van der Waals surface area contributed by atoms with Gasteiger partial charge in [-0.3, -0.25) is 4.79 Å². The van der Waals surface area contributed by atoms with Crippen molar-refractivity contribution in [1.82, 2.24) is 0 Å². The Labute approximate surface area is 121 Å². The lowest BCUT2D eigenvalue weighted by Gasteiger charge is -2.19. The average molecular weight is 279 g/mol. The van der Waals surface area contributed by atoms with Gasteiger partial charge in [-0.1, -0.05) is 30.3 Å². The predicted molar refractivity (Wildman–Crippen MR) is 79.4 cm³/mol. The van der Waals surface area contributed by atoms with Crippen LogP contribution in [-0.4, -0.2) is 30.8 Å². The zero-order chi connectivity index (χ0) is 15.0. The molecule has 2 N–H and O–H groups in total. The minimum atomic E-state index is -0.579. The lowest BCUT2D eigenvalue weighted by molar-refractivity contribution is -0.148. The van der Waals surface area contributed by atoms with E-state index in [0.717, 1.165) is 6.42 Å². The first-order valence-electron chi connectivity index (χ1n) is 6.98. The van der Waals surface area contributed by atoms with E-state index in [2.05, 4.69) is 0 Å². The van der Waals surface area contributed by atoms with Crippen LogP contribution >= 0.6 is 0 Å². The Hall–Kier alpha value is -1.39. The van der Waals surface area contributed by atoms with Gasteiger partial charge in [-0.15, -0.1) is 0 Å². The Balaban J connectivity index is 2.19. The first-order valence-corrected chi connectivity index (χ1v) is 6.98. The van der Waals surface area contributed by atoms with Crippen LogP contribution in [-0.2, 0) is 20.7 Å². The van der Waals surface area contributed by atoms with Crippen molar-refractivity contribution in [3.8, 4) is 0 Å². The molecule has 1 aromatic rings. The van der Waals surface area contributed by atoms with Crippen molar-refractivity contribution in [2.75, 3.05) is 13.2 Å². The molecule has 112 valence electrons. The molecule has 0 radical (unpaired) electrons. The lowest BCUT2D eigenvalue weighted by atomic mass is 10.1. The summed E-state index contributed by atoms with van der Waals surface area (Å²) in [4.78, 5) is 11.7. The van der Waals surface area contributed by atoms with E-state index in [4.69, 9.17) is 15.2 Å². The van der Waals surface area contributed by atoms with E-state index < -0.39 is 6.04 Å². The molecule has 20 heavy (non-hydrogen) atoms. The molecular formula is C16H25NO3. The average Bonchev–Trinajstić information content (AvgIpc) is 2.40. The quantitative estimate of drug-likeness (QED) is 0.614. The van der Waals surface area contributed by atoms with E-state index in [-0.39, 0.29) is 18.2 Å². The number of ether oxygens (including phenoxy) is 2. The number of benzene rings is 1. The van der Waals surface area contributed by atoms with Crippen LogP contribution in [0.15, 0.2) is 30.3 Å². The number of aryl methyl sites for hydroxylation is 1. The van der Waals surface area contributed by atoms with Crippen LogP contribution < -0.4 is 5.73 Å². The molecule has 1 rings (SSSR count). The third-order valence-corrected chi connectivity index (χ3v) is 2.75. The molecule has 0 aliphatic heterocycles. The molecule has 0 aliphatic rings. The summed E-state index contributed by atoms with van der Waals surface area (Å²) in [7, 11) is 0. The van der Waals surface area contributed by atoms with Crippen LogP contribution in [0.4, 0.5) is 0 Å². The van der Waals surface area contributed by atoms with Gasteiger partial charge >= 0.3 is 5.97 Å². The van der Waals surface area contributed by atoms with E-state index >= 15 is 0 Å². The second kappa shape index (κ2) is 8.02. The third kappa shape index (κ3) is 7.26. The molecule has 1 aromatic carbocycles. The molecule has 1 atom stereocenters. The zero-order valence-corrected chi connectivity index (χ0v) is 12.6. The normalized spacial score (nSPS) is 13.0. The number of carbonyl (C=O) groups is 1. The molecule has 1 unspecified atom stereocenters. The maximum absolute atomic E-state index is 11.7. The summed E-state index contributed by atoms with van der Waals surface area (Å²) in [6.45, 7) is 6.51. The number of carbonyl (C=O) groups excluding carboxylic acids is 1. The van der Waals surface area contributed by atoms with Crippen LogP contribution in [0.1, 0.15) is 32.8 Å². The maximum Gasteiger partial charge on any atom is 0.323 e. The van der Waals surface area contributed by atoms with Crippen molar-refractivity contribution in [1.29, 1.82) is 0 Å². The Morgan fingerprint density at radius 2 is 1.85 bits per heavy atom. The van der Waals surface area contributed by atoms with Gasteiger partial charge in [0, 0.05) is 0 Å². The van der Waals surface area contributed by atoms with E-state index in [1.54, 1.807) is 0 Å². The maximum atomic E-state index is 11.7. The second-order valence-corrected chi connectivity index (χ2v) is 5.76. The van der Waals surface area contributed by atoms with Crippen molar-refractivity contribution in [2.45, 2.75) is 45.3 Å². The SMILES string of the molecule is CC(C)(C)OCCOC(=O)C(N)CCc1ccccc1. The minimum Gasteiger partial charge on any atom is -0.462 e. The van der Waals surface area contributed by atoms with E-state index in [9.17, 15) is 4.79 Å². The lowest BCUT2D eigenvalue weighted by Crippen LogP contribution is -2.34. The van der Waals surface area contributed by atoms with Gasteiger partial charge in [0.25, 0.3) is 0 Å². The Bertz CT molecular complexity index is 398. The van der Waals surface area contributed by atoms with E-state index in [1.807, 2.05) is 51.1 Å². The summed E-state index contributed by atoms with van der Waals surface area (Å²) in [6.07, 6.45) is 1.36. The molecule has 0 amide bonds. The second-order valence-electron chi connectivity index (χ2n) is 5.76. The van der Waals surface area contributed by atoms with Gasteiger partial charge in [0.15, 0.2) is 0 Å². The summed E-state index contributed by atoms with van der Waals surface area (Å²) < 4.78 is 10.6. The highest BCUT2D eigenvalue weighted by Crippen LogP contribution is 2.07. The smallest absolute Gasteiger partial charge is 0.323 e. The summed E-state index contributed by atoms with van der Waals surface area (Å²) in [5.74, 6) is -0.363. The Morgan fingerprint density at radius 1 is 1.20 bits per heavy atom. The van der Waals surface area contributed by atoms with E-state index in [1.165, 1.54) is 5.56 Å². The molecule has 4 nitrogen and oxygen atoms in total. The fourth-order valence-electron chi connectivity index (χ4n) is 1.68. The van der Waals surface area contributed by atoms with Crippen LogP contribution in [0.25, 0.3) is 0 Å². The largest absolute Gasteiger partial charge is 0.462 e. The van der Waals surface area contributed by atoms with E-state index in [0.29, 0.717) is 13.0 Å². The van der Waals surface area contributed by atoms with Crippen LogP contribution in [0.5, 0.6) is 0 Å². The monoisotopic (exact) mass is 279 g/mol. The van der Waals surface area contributed by atoms with Crippen molar-refractivity contribution < 1.29 is 14.3 Å². The molecule has 4 heteroatoms. The Morgan fingerprint density at radius 3 is 2.45 bits per heavy atom. The van der Waals surface area contributed by atoms with Crippen LogP contribution in [0.2, 0.25) is 0 Å². The fourth-order valence-corrected chi connectivity index (χ4v) is 1.68. The highest BCUT2D eigenvalue weighted by Gasteiger charge is 2.15. The minimum absolute atomic E-state index is 0.220. The van der Waals surface area contributed by atoms with Crippen molar-refractivity contribution in [3.63, 3.8) is 0 Å². The number of hydrogen-bond acceptors (Lipinski definition) is 4. The van der Waals surface area contributed by atoms with Gasteiger partial charge in [0.05, 0.1) is 12.2 Å². The number of nitrogens with two attached hydrogens (primary N) is 1. The van der Waals surface area contributed by atoms with Crippen LogP contribution in [0.3, 0.4) is 0 Å². The summed E-state index contributed by atoms with van der Waals surface area (Å²) >= 11 is 0. The molecule has 0 fully saturated rings. The standard InChI is InChI=1S/C16H25NO3/c1-16(2,3)20-12-11-19-15(18)14(17)10-9-13-7-5-4-6-8-13/h4-8,14H,9-12,17H2,1-3H3. The molecule has 0 saturated carbocycles. The molecule has 0 heterocycles. The summed E-state index contributed by atoms with van der Waals surface area (Å²) in [6, 6.07) is 9.38. The number of rotatable bonds is 7. The number of hydrogen-bond donors (Lipinski definition) is 1. The van der Waals surface area contributed by atoms with Gasteiger partial charge in [0.2, 0.25) is 0 Å². The Kier molecular flexibility index (Phi) is 6.68. The van der Waals surface area contributed by atoms with Gasteiger partial charge in [-0.2, -0.15) is 0 Å². The first kappa shape index (κ1) is 16.7. The van der Waals surface area contributed by atoms with Crippen molar-refractivity contribution in [3.05, 3.63) is 35.9 Å². The summed E-state index contributed by atoms with van der Waals surface area (Å²) in [5, 5.41) is 0. The predicted octanol–water partition coefficient (Wildman–Crippen LogP) is 2.30. The molecule has 0 aromatic heterocycles. The molecule has 0 bridgehead atoms. The van der Waals surface area contributed by atoms with Gasteiger partial charge in [-0.25, -0.2) is 0 Å². The number of esters is 1. The highest BCUT2D eigenvalue weighted by molar-refractivity contribution is 5.75. The zero-order valence-electron chi connectivity index (χ0n) is 12.6. The topological polar surface area (TPSA) is 61.5 Å². The third-order valence-electron chi connectivity index (χ3n) is 2.75. The van der Waals surface area contributed by atoms with Crippen LogP contribution in [0, 0.1) is 0 Å². The molecule has 0 saturated heterocycles. The van der Waals surface area contributed by atoms with Gasteiger partial charge in [0.1, 0.15) is 12.6 Å².